The van der Waals surface area contributed by atoms with Crippen LogP contribution in [-0.2, 0) is 19.5 Å². The minimum atomic E-state index is -2.66. The molecule has 0 aliphatic rings. The van der Waals surface area contributed by atoms with Crippen molar-refractivity contribution in [2.75, 3.05) is 0 Å². The molecular weight excluding hydrogens is 391 g/mol. The average molecular weight is 427 g/mol. The van der Waals surface area contributed by atoms with E-state index in [1.54, 1.807) is 0 Å². The van der Waals surface area contributed by atoms with Gasteiger partial charge in [0.2, 0.25) is 0 Å². The summed E-state index contributed by atoms with van der Waals surface area (Å²) in [5.74, 6) is 0. The molecule has 0 radical (unpaired) electrons. The van der Waals surface area contributed by atoms with Crippen LogP contribution in [0.2, 0.25) is 42.1 Å². The molecule has 0 saturated carbocycles. The summed E-state index contributed by atoms with van der Waals surface area (Å²) in [6, 6.07) is 1.40. The molecule has 7 heteroatoms. The minimum absolute atomic E-state index is 0. The van der Waals surface area contributed by atoms with Crippen LogP contribution >= 0.6 is 0 Å². The summed E-state index contributed by atoms with van der Waals surface area (Å²) in [6.45, 7) is 13.4. The van der Waals surface area contributed by atoms with Gasteiger partial charge < -0.3 is 29.2 Å². The van der Waals surface area contributed by atoms with Crippen LogP contribution in [0.25, 0.3) is 0 Å². The summed E-state index contributed by atoms with van der Waals surface area (Å²) < 4.78 is 0. The van der Waals surface area contributed by atoms with Gasteiger partial charge in [0.1, 0.15) is 0 Å². The molecule has 0 fully saturated rings. The molecule has 0 amide bonds. The van der Waals surface area contributed by atoms with Crippen LogP contribution in [0, 0.1) is 14.9 Å². The van der Waals surface area contributed by atoms with Crippen LogP contribution in [0.15, 0.2) is 0 Å². The van der Waals surface area contributed by atoms with E-state index in [9.17, 15) is 14.4 Å². The first kappa shape index (κ1) is 29.2. The second kappa shape index (κ2) is 10.0. The van der Waals surface area contributed by atoms with E-state index in [1.807, 2.05) is 47.3 Å². The summed E-state index contributed by atoms with van der Waals surface area (Å²) in [5, 5.41) is -0.150. The van der Waals surface area contributed by atoms with Gasteiger partial charge in [-0.05, 0) is 37.8 Å². The van der Waals surface area contributed by atoms with Gasteiger partial charge in [-0.25, -0.2) is 0 Å². The van der Waals surface area contributed by atoms with E-state index in [0.29, 0.717) is 6.04 Å². The molecule has 0 saturated heterocycles. The Kier molecular flexibility index (Phi) is 14.6. The van der Waals surface area contributed by atoms with E-state index in [1.165, 1.54) is 0 Å². The molecule has 0 rings (SSSR count). The second-order valence-corrected chi connectivity index (χ2v) is 19.9. The molecule has 0 aromatic heterocycles. The molecule has 0 aromatic carbocycles. The Labute approximate surface area is 143 Å². The number of hydrogen-bond acceptors (Lipinski definition) is 3. The van der Waals surface area contributed by atoms with Gasteiger partial charge in [0, 0.05) is 0 Å². The smallest absolute Gasteiger partial charge is 0.858 e. The summed E-state index contributed by atoms with van der Waals surface area (Å²) in [7, 11) is -7.63. The van der Waals surface area contributed by atoms with Crippen molar-refractivity contribution in [3.05, 3.63) is 14.9 Å². The maximum atomic E-state index is 12.5. The SMILES string of the molecule is CC[Si](C)([O-])C(C)[Si](C)(O)C(C)[Si](C)(O)CC.[CH3-].[CH3-].[Rh+3]. The number of rotatable bonds is 6. The van der Waals surface area contributed by atoms with E-state index in [2.05, 4.69) is 0 Å². The molecule has 0 aliphatic carbocycles. The predicted octanol–water partition coefficient (Wildman–Crippen LogP) is 2.85. The van der Waals surface area contributed by atoms with Gasteiger partial charge in [-0.2, -0.15) is 0 Å². The van der Waals surface area contributed by atoms with E-state index in [0.717, 1.165) is 6.04 Å². The molecule has 126 valence electrons. The van der Waals surface area contributed by atoms with Crippen molar-refractivity contribution in [3.63, 3.8) is 0 Å². The van der Waals surface area contributed by atoms with Gasteiger partial charge in [-0.1, -0.05) is 40.3 Å². The van der Waals surface area contributed by atoms with Crippen molar-refractivity contribution in [2.24, 2.45) is 0 Å². The van der Waals surface area contributed by atoms with Gasteiger partial charge in [-0.3, -0.25) is 0 Å². The fraction of sp³-hybridized carbons (Fsp3) is 0.846. The standard InChI is InChI=1S/C11H29O3Si3.2CH3.Rh/c1-8-15(5,12)10(3)17(7,14)11(4)16(6,13)9-2;;;/h10-12,14H,8-9H2,1-7H3;2*1H3;/q3*-1;+3. The molecule has 0 bridgehead atoms. The molecule has 5 unspecified atom stereocenters. The molecule has 2 N–H and O–H groups in total. The van der Waals surface area contributed by atoms with Crippen LogP contribution in [0.5, 0.6) is 0 Å². The van der Waals surface area contributed by atoms with Gasteiger partial charge in [0.25, 0.3) is 0 Å². The van der Waals surface area contributed by atoms with Crippen LogP contribution in [0.4, 0.5) is 0 Å². The van der Waals surface area contributed by atoms with Crippen LogP contribution in [0.3, 0.4) is 0 Å². The molecule has 20 heavy (non-hydrogen) atoms. The Morgan fingerprint density at radius 2 is 1.25 bits per heavy atom. The van der Waals surface area contributed by atoms with E-state index in [4.69, 9.17) is 0 Å². The average Bonchev–Trinajstić information content (AvgIpc) is 2.26. The molecule has 5 atom stereocenters. The Balaban J connectivity index is -0.000000427. The molecule has 3 nitrogen and oxygen atoms in total. The number of hydrogen-bond donors (Lipinski definition) is 2. The molecule has 0 aliphatic heterocycles. The minimum Gasteiger partial charge on any atom is -0.858 e. The normalized spacial score (nSPS) is 22.5. The zero-order valence-corrected chi connectivity index (χ0v) is 19.3. The Morgan fingerprint density at radius 1 is 0.900 bits per heavy atom. The van der Waals surface area contributed by atoms with E-state index >= 15 is 0 Å². The molecular formula is C13H35O3RhSi3. The van der Waals surface area contributed by atoms with Crippen molar-refractivity contribution in [3.8, 4) is 0 Å². The first-order valence-corrected chi connectivity index (χ1v) is 14.6. The first-order chi connectivity index (χ1) is 7.43. The van der Waals surface area contributed by atoms with Crippen LogP contribution in [0.1, 0.15) is 27.7 Å². The Bertz CT molecular complexity index is 237. The van der Waals surface area contributed by atoms with Gasteiger partial charge in [0.15, 0.2) is 16.6 Å². The van der Waals surface area contributed by atoms with Gasteiger partial charge >= 0.3 is 19.5 Å². The van der Waals surface area contributed by atoms with Gasteiger partial charge in [-0.15, -0.1) is 0 Å². The van der Waals surface area contributed by atoms with Crippen LogP contribution < -0.4 is 4.80 Å². The maximum Gasteiger partial charge on any atom is 3.00 e. The Hall–Kier alpha value is 1.15. The van der Waals surface area contributed by atoms with Gasteiger partial charge in [0.05, 0.1) is 0 Å². The van der Waals surface area contributed by atoms with Crippen molar-refractivity contribution in [2.45, 2.75) is 69.8 Å². The van der Waals surface area contributed by atoms with Crippen molar-refractivity contribution in [1.82, 2.24) is 0 Å². The van der Waals surface area contributed by atoms with Crippen LogP contribution in [-0.4, -0.2) is 34.5 Å². The third-order valence-corrected chi connectivity index (χ3v) is 22.3. The summed E-state index contributed by atoms with van der Waals surface area (Å²) in [4.78, 5) is 33.8. The van der Waals surface area contributed by atoms with Crippen molar-refractivity contribution in [1.29, 1.82) is 0 Å². The van der Waals surface area contributed by atoms with E-state index in [-0.39, 0.29) is 44.7 Å². The summed E-state index contributed by atoms with van der Waals surface area (Å²) >= 11 is 0. The first-order valence-electron chi connectivity index (χ1n) is 6.58. The zero-order chi connectivity index (χ0) is 14.1. The Morgan fingerprint density at radius 3 is 1.50 bits per heavy atom. The fourth-order valence-corrected chi connectivity index (χ4v) is 17.4. The topological polar surface area (TPSA) is 63.5 Å². The quantitative estimate of drug-likeness (QED) is 0.507. The fourth-order valence-electron chi connectivity index (χ4n) is 2.24. The van der Waals surface area contributed by atoms with Crippen molar-refractivity contribution >= 4 is 25.0 Å². The molecule has 0 aromatic rings. The van der Waals surface area contributed by atoms with E-state index < -0.39 is 25.0 Å². The predicted molar refractivity (Wildman–Crippen MR) is 91.9 cm³/mol. The third-order valence-electron chi connectivity index (χ3n) is 5.02. The largest absolute Gasteiger partial charge is 3.00 e. The second-order valence-electron chi connectivity index (χ2n) is 6.05. The van der Waals surface area contributed by atoms with Crippen molar-refractivity contribution < 1.29 is 33.9 Å². The monoisotopic (exact) mass is 426 g/mol. The maximum absolute atomic E-state index is 12.5. The zero-order valence-electron chi connectivity index (χ0n) is 14.7. The summed E-state index contributed by atoms with van der Waals surface area (Å²) in [5.41, 5.74) is 0. The molecule has 0 spiro atoms. The molecule has 0 heterocycles. The summed E-state index contributed by atoms with van der Waals surface area (Å²) in [6.07, 6.45) is 0. The third kappa shape index (κ3) is 6.50.